The van der Waals surface area contributed by atoms with Gasteiger partial charge in [0.25, 0.3) is 5.91 Å². The summed E-state index contributed by atoms with van der Waals surface area (Å²) in [5.41, 5.74) is 3.76. The van der Waals surface area contributed by atoms with E-state index in [-0.39, 0.29) is 0 Å². The third-order valence-electron chi connectivity index (χ3n) is 2.88. The molecule has 126 valence electrons. The van der Waals surface area contributed by atoms with Crippen molar-refractivity contribution in [3.63, 3.8) is 0 Å². The minimum atomic E-state index is -1.33. The van der Waals surface area contributed by atoms with Crippen LogP contribution in [0.4, 0.5) is 4.39 Å². The highest BCUT2D eigenvalue weighted by atomic mass is 35.5. The number of carbonyl (C=O) groups excluding carboxylic acids is 1. The summed E-state index contributed by atoms with van der Waals surface area (Å²) in [7, 11) is 0. The van der Waals surface area contributed by atoms with Gasteiger partial charge in [-0.05, 0) is 12.5 Å². The lowest BCUT2D eigenvalue weighted by molar-refractivity contribution is -0.121. The summed E-state index contributed by atoms with van der Waals surface area (Å²) >= 11 is 15.9. The van der Waals surface area contributed by atoms with E-state index in [1.165, 1.54) is 0 Å². The van der Waals surface area contributed by atoms with E-state index < -0.39 is 29.6 Å². The molecule has 0 radical (unpaired) electrons. The average Bonchev–Trinajstić information content (AvgIpc) is 2.56. The average molecular weight is 380 g/mol. The number of hydrazone groups is 1. The Bertz CT molecular complexity index is 570. The Morgan fingerprint density at radius 3 is 2.52 bits per heavy atom. The first kappa shape index (κ1) is 19.8. The minimum absolute atomic E-state index is 0.409. The van der Waals surface area contributed by atoms with Crippen molar-refractivity contribution in [3.05, 3.63) is 35.4 Å². The fourth-order valence-electron chi connectivity index (χ4n) is 1.70. The highest BCUT2D eigenvalue weighted by Crippen LogP contribution is 2.19. The van der Waals surface area contributed by atoms with Gasteiger partial charge in [-0.3, -0.25) is 10.2 Å². The number of thiocarbonyl (C=S) groups is 1. The van der Waals surface area contributed by atoms with Crippen LogP contribution in [0.15, 0.2) is 29.4 Å². The van der Waals surface area contributed by atoms with Gasteiger partial charge in [0.05, 0.1) is 6.04 Å². The van der Waals surface area contributed by atoms with E-state index in [1.807, 2.05) is 0 Å². The highest BCUT2D eigenvalue weighted by Gasteiger charge is 2.25. The van der Waals surface area contributed by atoms with E-state index >= 15 is 0 Å². The predicted molar refractivity (Wildman–Crippen MR) is 93.8 cm³/mol. The van der Waals surface area contributed by atoms with Crippen LogP contribution in [0.2, 0.25) is 0 Å². The zero-order valence-corrected chi connectivity index (χ0v) is 14.5. The lowest BCUT2D eigenvalue weighted by Gasteiger charge is -2.22. The lowest BCUT2D eigenvalue weighted by Crippen LogP contribution is -2.43. The first-order chi connectivity index (χ1) is 10.9. The molecular weight excluding hydrogens is 364 g/mol. The largest absolute Gasteiger partial charge is 0.386 e. The third-order valence-corrected chi connectivity index (χ3v) is 3.61. The van der Waals surface area contributed by atoms with E-state index in [1.54, 1.807) is 37.4 Å². The van der Waals surface area contributed by atoms with Crippen LogP contribution in [0, 0.1) is 0 Å². The first-order valence-corrected chi connectivity index (χ1v) is 7.89. The van der Waals surface area contributed by atoms with Crippen LogP contribution in [0.25, 0.3) is 0 Å². The van der Waals surface area contributed by atoms with Crippen LogP contribution in [0.1, 0.15) is 24.2 Å². The van der Waals surface area contributed by atoms with Crippen LogP contribution in [0.3, 0.4) is 0 Å². The van der Waals surface area contributed by atoms with Crippen LogP contribution in [0.5, 0.6) is 0 Å². The van der Waals surface area contributed by atoms with Crippen LogP contribution >= 0.6 is 35.4 Å². The molecule has 0 saturated heterocycles. The summed E-state index contributed by atoms with van der Waals surface area (Å²) < 4.78 is 13.1. The molecule has 0 spiro atoms. The standard InChI is InChI=1S/C14H16Cl2FN3O2S/c1-2-18-20-14(23)9-5-3-8(4-6-9)11(21)10(7-17)19-13(22)12(15)16/h2-6,10-12,21H,7H2,1H3,(H,19,22)(H,20,23)/b18-2+. The number of nitrogens with one attached hydrogen (secondary N) is 2. The molecule has 23 heavy (non-hydrogen) atoms. The smallest absolute Gasteiger partial charge is 0.253 e. The molecule has 0 bridgehead atoms. The Morgan fingerprint density at radius 1 is 1.43 bits per heavy atom. The molecule has 0 saturated carbocycles. The Labute approximate surface area is 148 Å². The molecular formula is C14H16Cl2FN3O2S. The number of carbonyl (C=O) groups is 1. The molecule has 5 nitrogen and oxygen atoms in total. The van der Waals surface area contributed by atoms with E-state index in [2.05, 4.69) is 15.8 Å². The zero-order chi connectivity index (χ0) is 17.4. The number of halogens is 3. The quantitative estimate of drug-likeness (QED) is 0.294. The Balaban J connectivity index is 2.80. The van der Waals surface area contributed by atoms with Crippen LogP contribution in [-0.4, -0.2) is 39.8 Å². The van der Waals surface area contributed by atoms with Crippen molar-refractivity contribution in [3.8, 4) is 0 Å². The van der Waals surface area contributed by atoms with Gasteiger partial charge in [0.2, 0.25) is 0 Å². The number of aliphatic hydroxyl groups is 1. The van der Waals surface area contributed by atoms with Crippen molar-refractivity contribution in [2.24, 2.45) is 5.10 Å². The van der Waals surface area contributed by atoms with Crippen LogP contribution in [-0.2, 0) is 4.79 Å². The van der Waals surface area contributed by atoms with Gasteiger partial charge in [0.15, 0.2) is 4.84 Å². The van der Waals surface area contributed by atoms with Gasteiger partial charge in [0, 0.05) is 11.8 Å². The van der Waals surface area contributed by atoms with Gasteiger partial charge in [-0.2, -0.15) is 5.10 Å². The van der Waals surface area contributed by atoms with Gasteiger partial charge < -0.3 is 10.4 Å². The molecule has 0 aliphatic carbocycles. The molecule has 1 amide bonds. The molecule has 2 unspecified atom stereocenters. The number of amides is 1. The minimum Gasteiger partial charge on any atom is -0.386 e. The summed E-state index contributed by atoms with van der Waals surface area (Å²) in [6.45, 7) is 0.771. The second-order valence-electron chi connectivity index (χ2n) is 4.47. The molecule has 0 fully saturated rings. The number of hydrogen-bond donors (Lipinski definition) is 3. The van der Waals surface area contributed by atoms with Crippen LogP contribution < -0.4 is 10.7 Å². The van der Waals surface area contributed by atoms with Crippen molar-refractivity contribution >= 4 is 52.5 Å². The molecule has 0 aromatic heterocycles. The van der Waals surface area contributed by atoms with Crippen molar-refractivity contribution in [1.82, 2.24) is 10.7 Å². The number of hydrogen-bond acceptors (Lipinski definition) is 4. The van der Waals surface area contributed by atoms with Gasteiger partial charge in [-0.15, -0.1) is 0 Å². The highest BCUT2D eigenvalue weighted by molar-refractivity contribution is 7.80. The third kappa shape index (κ3) is 6.02. The number of aliphatic hydroxyl groups excluding tert-OH is 1. The Kier molecular flexibility index (Phi) is 8.40. The summed E-state index contributed by atoms with van der Waals surface area (Å²) in [4.78, 5) is 10.5. The summed E-state index contributed by atoms with van der Waals surface area (Å²) in [6, 6.07) is 5.32. The fourth-order valence-corrected chi connectivity index (χ4v) is 2.01. The summed E-state index contributed by atoms with van der Waals surface area (Å²) in [5, 5.41) is 16.2. The van der Waals surface area contributed by atoms with E-state index in [0.29, 0.717) is 16.1 Å². The first-order valence-electron chi connectivity index (χ1n) is 6.61. The lowest BCUT2D eigenvalue weighted by atomic mass is 10.0. The number of rotatable bonds is 7. The molecule has 0 aliphatic rings. The molecule has 3 N–H and O–H groups in total. The predicted octanol–water partition coefficient (Wildman–Crippen LogP) is 2.25. The normalized spacial score (nSPS) is 13.8. The van der Waals surface area contributed by atoms with Gasteiger partial charge in [-0.25, -0.2) is 4.39 Å². The molecule has 9 heteroatoms. The van der Waals surface area contributed by atoms with Gasteiger partial charge in [0.1, 0.15) is 17.8 Å². The van der Waals surface area contributed by atoms with E-state index in [0.717, 1.165) is 0 Å². The molecule has 2 atom stereocenters. The van der Waals surface area contributed by atoms with Crippen molar-refractivity contribution in [2.45, 2.75) is 23.9 Å². The maximum absolute atomic E-state index is 13.1. The number of alkyl halides is 3. The number of benzene rings is 1. The monoisotopic (exact) mass is 379 g/mol. The second kappa shape index (κ2) is 9.77. The number of nitrogens with zero attached hydrogens (tertiary/aromatic N) is 1. The maximum Gasteiger partial charge on any atom is 0.253 e. The topological polar surface area (TPSA) is 73.7 Å². The summed E-state index contributed by atoms with van der Waals surface area (Å²) in [6.07, 6.45) is 0.306. The molecule has 0 aliphatic heterocycles. The fraction of sp³-hybridized carbons (Fsp3) is 0.357. The van der Waals surface area contributed by atoms with E-state index in [9.17, 15) is 14.3 Å². The zero-order valence-electron chi connectivity index (χ0n) is 12.2. The Morgan fingerprint density at radius 2 is 2.04 bits per heavy atom. The molecule has 1 rings (SSSR count). The van der Waals surface area contributed by atoms with Crippen molar-refractivity contribution in [2.75, 3.05) is 6.67 Å². The SMILES string of the molecule is C/C=N/NC(=S)c1ccc(C(O)C(CF)NC(=O)C(Cl)Cl)cc1. The molecule has 0 heterocycles. The molecule has 1 aromatic carbocycles. The second-order valence-corrected chi connectivity index (χ2v) is 5.97. The maximum atomic E-state index is 13.1. The summed E-state index contributed by atoms with van der Waals surface area (Å²) in [5.74, 6) is -0.769. The van der Waals surface area contributed by atoms with Gasteiger partial charge in [-0.1, -0.05) is 59.7 Å². The van der Waals surface area contributed by atoms with E-state index in [4.69, 9.17) is 35.4 Å². The van der Waals surface area contributed by atoms with Crippen molar-refractivity contribution in [1.29, 1.82) is 0 Å². The van der Waals surface area contributed by atoms with Crippen molar-refractivity contribution < 1.29 is 14.3 Å². The van der Waals surface area contributed by atoms with Gasteiger partial charge >= 0.3 is 0 Å². The Hall–Kier alpha value is -1.28. The molecule has 1 aromatic rings.